The molecule has 1 aromatic carbocycles. The standard InChI is InChI=1S/C20H21ClFN3O2/c21-15-6-4-5-13(18(15)22)11-23-19(27)16-9-14-10-20(14,24-16)17(26)12-25-7-2-1-3-8-25/h1-7,14,16,24H,8-12H2,(H,23,27). The van der Waals surface area contributed by atoms with E-state index in [1.807, 2.05) is 29.3 Å². The summed E-state index contributed by atoms with van der Waals surface area (Å²) in [5.74, 6) is -0.400. The molecule has 3 aliphatic rings. The van der Waals surface area contributed by atoms with Gasteiger partial charge < -0.3 is 10.2 Å². The van der Waals surface area contributed by atoms with E-state index in [1.165, 1.54) is 6.07 Å². The van der Waals surface area contributed by atoms with Crippen LogP contribution in [-0.2, 0) is 16.1 Å². The van der Waals surface area contributed by atoms with Gasteiger partial charge >= 0.3 is 0 Å². The first-order chi connectivity index (χ1) is 13.0. The van der Waals surface area contributed by atoms with Crippen molar-refractivity contribution >= 4 is 23.3 Å². The Bertz CT molecular complexity index is 841. The Kier molecular flexibility index (Phi) is 4.78. The number of Topliss-reactive ketones (excluding diaryl/α,β-unsaturated/α-hetero) is 1. The maximum atomic E-state index is 13.9. The monoisotopic (exact) mass is 389 g/mol. The van der Waals surface area contributed by atoms with Crippen molar-refractivity contribution in [3.05, 3.63) is 59.0 Å². The van der Waals surface area contributed by atoms with Gasteiger partial charge in [0.05, 0.1) is 23.1 Å². The average molecular weight is 390 g/mol. The fraction of sp³-hybridized carbons (Fsp3) is 0.400. The fourth-order valence-corrected chi connectivity index (χ4v) is 4.17. The van der Waals surface area contributed by atoms with Gasteiger partial charge in [0.2, 0.25) is 5.91 Å². The van der Waals surface area contributed by atoms with Gasteiger partial charge in [-0.3, -0.25) is 14.9 Å². The lowest BCUT2D eigenvalue weighted by atomic mass is 10.1. The third-order valence-electron chi connectivity index (χ3n) is 5.59. The molecule has 142 valence electrons. The maximum Gasteiger partial charge on any atom is 0.237 e. The topological polar surface area (TPSA) is 61.4 Å². The second-order valence-corrected chi connectivity index (χ2v) is 7.77. The van der Waals surface area contributed by atoms with Crippen LogP contribution in [0.2, 0.25) is 5.02 Å². The Hall–Kier alpha value is -2.18. The first-order valence-electron chi connectivity index (χ1n) is 9.08. The van der Waals surface area contributed by atoms with Crippen LogP contribution in [0.15, 0.2) is 42.6 Å². The van der Waals surface area contributed by atoms with Crippen molar-refractivity contribution in [2.75, 3.05) is 13.1 Å². The number of rotatable bonds is 6. The first kappa shape index (κ1) is 18.2. The number of halogens is 2. The van der Waals surface area contributed by atoms with Gasteiger partial charge in [0.25, 0.3) is 0 Å². The van der Waals surface area contributed by atoms with E-state index in [2.05, 4.69) is 10.6 Å². The zero-order valence-corrected chi connectivity index (χ0v) is 15.5. The predicted molar refractivity (Wildman–Crippen MR) is 100 cm³/mol. The molecule has 2 heterocycles. The number of nitrogens with one attached hydrogen (secondary N) is 2. The highest BCUT2D eigenvalue weighted by molar-refractivity contribution is 6.30. The third kappa shape index (κ3) is 3.51. The highest BCUT2D eigenvalue weighted by atomic mass is 35.5. The highest BCUT2D eigenvalue weighted by Gasteiger charge is 2.65. The Balaban J connectivity index is 1.32. The van der Waals surface area contributed by atoms with E-state index >= 15 is 0 Å². The molecule has 1 saturated carbocycles. The molecular formula is C20H21ClFN3O2. The van der Waals surface area contributed by atoms with Crippen LogP contribution in [-0.4, -0.2) is 41.3 Å². The van der Waals surface area contributed by atoms with E-state index in [0.29, 0.717) is 18.5 Å². The number of hydrogen-bond donors (Lipinski definition) is 2. The van der Waals surface area contributed by atoms with Crippen LogP contribution in [0.5, 0.6) is 0 Å². The predicted octanol–water partition coefficient (Wildman–Crippen LogP) is 2.17. The van der Waals surface area contributed by atoms with Crippen molar-refractivity contribution in [3.63, 3.8) is 0 Å². The van der Waals surface area contributed by atoms with Crippen molar-refractivity contribution in [3.8, 4) is 0 Å². The number of nitrogens with zero attached hydrogens (tertiary/aromatic N) is 1. The highest BCUT2D eigenvalue weighted by Crippen LogP contribution is 2.52. The van der Waals surface area contributed by atoms with Crippen molar-refractivity contribution in [2.24, 2.45) is 5.92 Å². The largest absolute Gasteiger partial charge is 0.366 e. The summed E-state index contributed by atoms with van der Waals surface area (Å²) in [5.41, 5.74) is -0.229. The van der Waals surface area contributed by atoms with Crippen LogP contribution in [0.25, 0.3) is 0 Å². The summed E-state index contributed by atoms with van der Waals surface area (Å²) in [6.07, 6.45) is 9.19. The second kappa shape index (κ2) is 7.09. The molecule has 4 rings (SSSR count). The molecule has 2 fully saturated rings. The summed E-state index contributed by atoms with van der Waals surface area (Å²) < 4.78 is 13.9. The van der Waals surface area contributed by atoms with Gasteiger partial charge in [-0.05, 0) is 37.1 Å². The molecular weight excluding hydrogens is 369 g/mol. The Labute approximate surface area is 162 Å². The summed E-state index contributed by atoms with van der Waals surface area (Å²) in [6, 6.07) is 4.28. The summed E-state index contributed by atoms with van der Waals surface area (Å²) in [7, 11) is 0. The van der Waals surface area contributed by atoms with Crippen molar-refractivity contribution in [1.82, 2.24) is 15.5 Å². The van der Waals surface area contributed by atoms with Gasteiger partial charge in [-0.25, -0.2) is 4.39 Å². The number of carbonyl (C=O) groups excluding carboxylic acids is 2. The number of fused-ring (bicyclic) bond motifs is 1. The number of ketones is 1. The van der Waals surface area contributed by atoms with Crippen molar-refractivity contribution < 1.29 is 14.0 Å². The molecule has 3 unspecified atom stereocenters. The van der Waals surface area contributed by atoms with Crippen LogP contribution >= 0.6 is 11.6 Å². The minimum absolute atomic E-state index is 0.0353. The quantitative estimate of drug-likeness (QED) is 0.782. The molecule has 2 aliphatic heterocycles. The van der Waals surface area contributed by atoms with Crippen molar-refractivity contribution in [2.45, 2.75) is 31.0 Å². The number of piperidine rings is 1. The van der Waals surface area contributed by atoms with Gasteiger partial charge in [0.15, 0.2) is 5.78 Å². The number of hydrogen-bond acceptors (Lipinski definition) is 4. The van der Waals surface area contributed by atoms with E-state index in [0.717, 1.165) is 13.0 Å². The fourth-order valence-electron chi connectivity index (χ4n) is 3.98. The molecule has 0 radical (unpaired) electrons. The lowest BCUT2D eigenvalue weighted by Crippen LogP contribution is -2.50. The van der Waals surface area contributed by atoms with E-state index in [-0.39, 0.29) is 29.2 Å². The molecule has 1 aromatic rings. The number of benzene rings is 1. The number of allylic oxidation sites excluding steroid dienone is 2. The van der Waals surface area contributed by atoms with Crippen LogP contribution in [0.4, 0.5) is 4.39 Å². The lowest BCUT2D eigenvalue weighted by molar-refractivity contribution is -0.124. The molecule has 0 aromatic heterocycles. The molecule has 5 nitrogen and oxygen atoms in total. The zero-order chi connectivity index (χ0) is 19.0. The van der Waals surface area contributed by atoms with E-state index in [4.69, 9.17) is 11.6 Å². The van der Waals surface area contributed by atoms with Crippen molar-refractivity contribution in [1.29, 1.82) is 0 Å². The Morgan fingerprint density at radius 2 is 2.22 bits per heavy atom. The average Bonchev–Trinajstić information content (AvgIpc) is 3.25. The molecule has 0 spiro atoms. The SMILES string of the molecule is O=C(NCc1cccc(Cl)c1F)C1CC2CC2(C(=O)CN2C=CC=CC2)N1. The van der Waals surface area contributed by atoms with Gasteiger partial charge in [-0.1, -0.05) is 35.9 Å². The van der Waals surface area contributed by atoms with Crippen LogP contribution < -0.4 is 10.6 Å². The van der Waals surface area contributed by atoms with E-state index in [1.54, 1.807) is 12.1 Å². The smallest absolute Gasteiger partial charge is 0.237 e. The normalized spacial score (nSPS) is 28.1. The minimum Gasteiger partial charge on any atom is -0.366 e. The molecule has 27 heavy (non-hydrogen) atoms. The van der Waals surface area contributed by atoms with E-state index < -0.39 is 17.4 Å². The summed E-state index contributed by atoms with van der Waals surface area (Å²) in [5, 5.41) is 6.02. The number of amides is 1. The molecule has 1 saturated heterocycles. The second-order valence-electron chi connectivity index (χ2n) is 7.36. The van der Waals surface area contributed by atoms with Crippen LogP contribution in [0.3, 0.4) is 0 Å². The molecule has 7 heteroatoms. The van der Waals surface area contributed by atoms with Gasteiger partial charge in [0, 0.05) is 18.7 Å². The molecule has 3 atom stereocenters. The Morgan fingerprint density at radius 1 is 1.37 bits per heavy atom. The third-order valence-corrected chi connectivity index (χ3v) is 5.88. The summed E-state index contributed by atoms with van der Waals surface area (Å²) in [6.45, 7) is 1.13. The maximum absolute atomic E-state index is 13.9. The van der Waals surface area contributed by atoms with Gasteiger partial charge in [-0.2, -0.15) is 0 Å². The van der Waals surface area contributed by atoms with Gasteiger partial charge in [-0.15, -0.1) is 0 Å². The molecule has 2 N–H and O–H groups in total. The molecule has 0 bridgehead atoms. The zero-order valence-electron chi connectivity index (χ0n) is 14.8. The van der Waals surface area contributed by atoms with Gasteiger partial charge in [0.1, 0.15) is 5.82 Å². The van der Waals surface area contributed by atoms with Crippen LogP contribution in [0.1, 0.15) is 18.4 Å². The lowest BCUT2D eigenvalue weighted by Gasteiger charge is -2.23. The molecule has 1 aliphatic carbocycles. The molecule has 1 amide bonds. The summed E-state index contributed by atoms with van der Waals surface area (Å²) in [4.78, 5) is 27.2. The van der Waals surface area contributed by atoms with Crippen LogP contribution in [0, 0.1) is 11.7 Å². The first-order valence-corrected chi connectivity index (χ1v) is 9.46. The number of carbonyl (C=O) groups is 2. The van der Waals surface area contributed by atoms with E-state index in [9.17, 15) is 14.0 Å². The summed E-state index contributed by atoms with van der Waals surface area (Å²) >= 11 is 5.76. The Morgan fingerprint density at radius 3 is 3.00 bits per heavy atom. The minimum atomic E-state index is -0.571.